The van der Waals surface area contributed by atoms with Gasteiger partial charge in [-0.25, -0.2) is 0 Å². The van der Waals surface area contributed by atoms with E-state index in [1.807, 2.05) is 49.4 Å². The third-order valence-electron chi connectivity index (χ3n) is 4.08. The van der Waals surface area contributed by atoms with E-state index in [-0.39, 0.29) is 24.2 Å². The molecule has 1 aliphatic heterocycles. The van der Waals surface area contributed by atoms with Crippen LogP contribution in [0.15, 0.2) is 54.6 Å². The van der Waals surface area contributed by atoms with Crippen molar-refractivity contribution in [2.24, 2.45) is 5.92 Å². The molecule has 2 amide bonds. The fraction of sp³-hybridized carbons (Fsp3) is 0.263. The van der Waals surface area contributed by atoms with Crippen LogP contribution in [-0.4, -0.2) is 29.8 Å². The molecule has 0 aliphatic carbocycles. The Hall–Kier alpha value is -2.82. The van der Waals surface area contributed by atoms with Gasteiger partial charge < -0.3 is 15.0 Å². The number of hydrogen-bond donors (Lipinski definition) is 1. The minimum atomic E-state index is -0.317. The molecule has 24 heavy (non-hydrogen) atoms. The number of nitrogens with zero attached hydrogens (tertiary/aromatic N) is 1. The van der Waals surface area contributed by atoms with E-state index in [4.69, 9.17) is 4.74 Å². The number of hydrogen-bond acceptors (Lipinski definition) is 3. The summed E-state index contributed by atoms with van der Waals surface area (Å²) in [6.07, 6.45) is 0.265. The van der Waals surface area contributed by atoms with Crippen LogP contribution in [0.2, 0.25) is 0 Å². The Morgan fingerprint density at radius 2 is 1.88 bits per heavy atom. The molecule has 1 aliphatic rings. The highest BCUT2D eigenvalue weighted by molar-refractivity contribution is 5.98. The number of nitrogens with one attached hydrogen (secondary N) is 1. The highest BCUT2D eigenvalue weighted by atomic mass is 16.5. The first kappa shape index (κ1) is 16.1. The van der Waals surface area contributed by atoms with Crippen LogP contribution in [0, 0.1) is 5.92 Å². The van der Waals surface area contributed by atoms with E-state index in [1.165, 1.54) is 0 Å². The molecular weight excluding hydrogens is 304 g/mol. The van der Waals surface area contributed by atoms with Gasteiger partial charge in [0.1, 0.15) is 5.75 Å². The maximum atomic E-state index is 12.5. The number of anilines is 1. The van der Waals surface area contributed by atoms with E-state index in [0.717, 1.165) is 0 Å². The number of carbonyl (C=O) groups is 2. The summed E-state index contributed by atoms with van der Waals surface area (Å²) in [7, 11) is 0. The molecule has 1 atom stereocenters. The van der Waals surface area contributed by atoms with Crippen molar-refractivity contribution in [1.82, 2.24) is 4.90 Å². The van der Waals surface area contributed by atoms with Crippen molar-refractivity contribution < 1.29 is 14.3 Å². The van der Waals surface area contributed by atoms with Crippen LogP contribution in [-0.2, 0) is 9.59 Å². The van der Waals surface area contributed by atoms with E-state index in [1.54, 1.807) is 17.0 Å². The number of benzene rings is 2. The van der Waals surface area contributed by atoms with Gasteiger partial charge in [0.05, 0.1) is 11.6 Å². The predicted octanol–water partition coefficient (Wildman–Crippen LogP) is 3.29. The van der Waals surface area contributed by atoms with E-state index in [0.29, 0.717) is 30.3 Å². The fourth-order valence-corrected chi connectivity index (χ4v) is 2.76. The van der Waals surface area contributed by atoms with Gasteiger partial charge in [0.2, 0.25) is 11.8 Å². The normalized spacial score (nSPS) is 17.0. The average molecular weight is 324 g/mol. The summed E-state index contributed by atoms with van der Waals surface area (Å²) in [5.74, 6) is 0.846. The van der Waals surface area contributed by atoms with Crippen molar-refractivity contribution in [1.29, 1.82) is 0 Å². The van der Waals surface area contributed by atoms with Gasteiger partial charge in [-0.2, -0.15) is 0 Å². The molecule has 0 bridgehead atoms. The lowest BCUT2D eigenvalue weighted by Crippen LogP contribution is -2.28. The van der Waals surface area contributed by atoms with Crippen molar-refractivity contribution in [3.8, 4) is 11.5 Å². The van der Waals surface area contributed by atoms with Crippen molar-refractivity contribution in [3.63, 3.8) is 0 Å². The SMILES string of the molecule is CCN1C[C@@H](C(=O)Nc2ccccc2Oc2ccccc2)CC1=O. The number of likely N-dealkylation sites (tertiary alicyclic amines) is 1. The zero-order valence-electron chi connectivity index (χ0n) is 13.6. The smallest absolute Gasteiger partial charge is 0.229 e. The largest absolute Gasteiger partial charge is 0.455 e. The fourth-order valence-electron chi connectivity index (χ4n) is 2.76. The van der Waals surface area contributed by atoms with Crippen LogP contribution in [0.1, 0.15) is 13.3 Å². The molecule has 0 spiro atoms. The molecule has 1 saturated heterocycles. The quantitative estimate of drug-likeness (QED) is 0.918. The predicted molar refractivity (Wildman–Crippen MR) is 91.9 cm³/mol. The van der Waals surface area contributed by atoms with Crippen LogP contribution >= 0.6 is 0 Å². The van der Waals surface area contributed by atoms with Gasteiger partial charge in [0.25, 0.3) is 0 Å². The van der Waals surface area contributed by atoms with Gasteiger partial charge in [0.15, 0.2) is 5.75 Å². The Morgan fingerprint density at radius 3 is 2.58 bits per heavy atom. The lowest BCUT2D eigenvalue weighted by atomic mass is 10.1. The molecule has 1 fully saturated rings. The van der Waals surface area contributed by atoms with Crippen LogP contribution < -0.4 is 10.1 Å². The Balaban J connectivity index is 1.71. The topological polar surface area (TPSA) is 58.6 Å². The molecule has 2 aromatic rings. The molecule has 0 aromatic heterocycles. The summed E-state index contributed by atoms with van der Waals surface area (Å²) < 4.78 is 5.84. The Bertz CT molecular complexity index is 730. The highest BCUT2D eigenvalue weighted by Gasteiger charge is 2.33. The van der Waals surface area contributed by atoms with Crippen LogP contribution in [0.3, 0.4) is 0 Å². The lowest BCUT2D eigenvalue weighted by Gasteiger charge is -2.15. The summed E-state index contributed by atoms with van der Waals surface area (Å²) in [6, 6.07) is 16.7. The van der Waals surface area contributed by atoms with Crippen molar-refractivity contribution in [2.45, 2.75) is 13.3 Å². The summed E-state index contributed by atoms with van der Waals surface area (Å²) in [6.45, 7) is 3.03. The zero-order chi connectivity index (χ0) is 16.9. The molecule has 0 radical (unpaired) electrons. The van der Waals surface area contributed by atoms with Gasteiger partial charge in [-0.3, -0.25) is 9.59 Å². The first-order valence-corrected chi connectivity index (χ1v) is 8.08. The van der Waals surface area contributed by atoms with Gasteiger partial charge in [0, 0.05) is 19.5 Å². The minimum Gasteiger partial charge on any atom is -0.455 e. The molecule has 1 heterocycles. The average Bonchev–Trinajstić information content (AvgIpc) is 2.98. The molecule has 124 valence electrons. The maximum absolute atomic E-state index is 12.5. The molecule has 0 unspecified atom stereocenters. The summed E-state index contributed by atoms with van der Waals surface area (Å²) in [5, 5.41) is 2.90. The Morgan fingerprint density at radius 1 is 1.17 bits per heavy atom. The second-order valence-corrected chi connectivity index (χ2v) is 5.73. The second kappa shape index (κ2) is 7.17. The van der Waals surface area contributed by atoms with E-state index in [2.05, 4.69) is 5.32 Å². The molecule has 3 rings (SSSR count). The molecule has 1 N–H and O–H groups in total. The minimum absolute atomic E-state index is 0.0338. The van der Waals surface area contributed by atoms with Gasteiger partial charge in [-0.05, 0) is 31.2 Å². The van der Waals surface area contributed by atoms with Crippen molar-refractivity contribution in [2.75, 3.05) is 18.4 Å². The first-order chi connectivity index (χ1) is 11.7. The van der Waals surface area contributed by atoms with Gasteiger partial charge in [-0.1, -0.05) is 30.3 Å². The second-order valence-electron chi connectivity index (χ2n) is 5.73. The zero-order valence-corrected chi connectivity index (χ0v) is 13.6. The summed E-state index contributed by atoms with van der Waals surface area (Å²) in [5.41, 5.74) is 0.605. The molecule has 5 nitrogen and oxygen atoms in total. The van der Waals surface area contributed by atoms with Crippen molar-refractivity contribution >= 4 is 17.5 Å². The molecular formula is C19H20N2O3. The maximum Gasteiger partial charge on any atom is 0.229 e. The van der Waals surface area contributed by atoms with Crippen molar-refractivity contribution in [3.05, 3.63) is 54.6 Å². The van der Waals surface area contributed by atoms with Crippen LogP contribution in [0.5, 0.6) is 11.5 Å². The first-order valence-electron chi connectivity index (χ1n) is 8.08. The molecule has 5 heteroatoms. The van der Waals surface area contributed by atoms with Crippen LogP contribution in [0.25, 0.3) is 0 Å². The summed E-state index contributed by atoms with van der Waals surface area (Å²) in [4.78, 5) is 26.0. The lowest BCUT2D eigenvalue weighted by molar-refractivity contribution is -0.128. The van der Waals surface area contributed by atoms with E-state index in [9.17, 15) is 9.59 Å². The van der Waals surface area contributed by atoms with Gasteiger partial charge in [-0.15, -0.1) is 0 Å². The van der Waals surface area contributed by atoms with Gasteiger partial charge >= 0.3 is 0 Å². The third kappa shape index (κ3) is 3.56. The number of para-hydroxylation sites is 3. The number of amides is 2. The monoisotopic (exact) mass is 324 g/mol. The van der Waals surface area contributed by atoms with Crippen LogP contribution in [0.4, 0.5) is 5.69 Å². The molecule has 2 aromatic carbocycles. The third-order valence-corrected chi connectivity index (χ3v) is 4.08. The number of ether oxygens (including phenoxy) is 1. The number of rotatable bonds is 5. The number of carbonyl (C=O) groups excluding carboxylic acids is 2. The Labute approximate surface area is 141 Å². The van der Waals surface area contributed by atoms with E-state index < -0.39 is 0 Å². The standard InChI is InChI=1S/C19H20N2O3/c1-2-21-13-14(12-18(21)22)19(23)20-16-10-6-7-11-17(16)24-15-8-4-3-5-9-15/h3-11,14H,2,12-13H2,1H3,(H,20,23)/t14-/m0/s1. The summed E-state index contributed by atoms with van der Waals surface area (Å²) >= 11 is 0. The molecule has 0 saturated carbocycles. The Kier molecular flexibility index (Phi) is 4.79. The van der Waals surface area contributed by atoms with E-state index >= 15 is 0 Å². The highest BCUT2D eigenvalue weighted by Crippen LogP contribution is 2.30.